The van der Waals surface area contributed by atoms with Crippen molar-refractivity contribution in [1.82, 2.24) is 5.32 Å². The maximum absolute atomic E-state index is 12.6. The highest BCUT2D eigenvalue weighted by Crippen LogP contribution is 2.19. The van der Waals surface area contributed by atoms with Crippen molar-refractivity contribution in [3.8, 4) is 0 Å². The highest BCUT2D eigenvalue weighted by Gasteiger charge is 2.20. The lowest BCUT2D eigenvalue weighted by Crippen LogP contribution is -2.45. The number of carbonyl (C=O) groups is 2. The van der Waals surface area contributed by atoms with Crippen molar-refractivity contribution in [2.24, 2.45) is 0 Å². The first-order valence-corrected chi connectivity index (χ1v) is 36.6. The van der Waals surface area contributed by atoms with E-state index >= 15 is 0 Å². The minimum Gasteiger partial charge on any atom is -0.466 e. The molecule has 0 radical (unpaired) electrons. The fourth-order valence-corrected chi connectivity index (χ4v) is 11.6. The SMILES string of the molecule is CCCCCCC/C=C\CCCCCCCC(=O)OCCCCCCCCCCCCCC/C=C\CCCCCCCCCCCCCCC(=O)NC(CO)C(O)CCCCCCCCCCCCCCCCCCCCCCC. The van der Waals surface area contributed by atoms with Gasteiger partial charge in [0.1, 0.15) is 0 Å². The standard InChI is InChI=1S/C74H143NO5/c1-3-5-7-9-11-13-15-17-19-20-21-30-33-36-39-42-46-50-54-58-62-66-72(77)71(70-76)75-73(78)67-63-59-55-51-47-43-40-37-34-31-28-26-24-22-23-25-27-29-32-35-38-41-45-49-53-57-61-65-69-80-74(79)68-64-60-56-52-48-44-18-16-14-12-10-8-6-4-2/h16,18,22-23,71-72,76-77H,3-15,17,19-21,24-70H2,1-2H3,(H,75,78)/b18-16-,23-22-. The molecule has 2 unspecified atom stereocenters. The first-order chi connectivity index (χ1) is 39.5. The molecule has 0 aliphatic rings. The summed E-state index contributed by atoms with van der Waals surface area (Å²) in [7, 11) is 0. The zero-order chi connectivity index (χ0) is 57.8. The molecule has 0 fully saturated rings. The molecule has 0 saturated carbocycles. The lowest BCUT2D eigenvalue weighted by Gasteiger charge is -2.22. The fraction of sp³-hybridized carbons (Fsp3) is 0.919. The topological polar surface area (TPSA) is 95.9 Å². The van der Waals surface area contributed by atoms with E-state index in [4.69, 9.17) is 4.74 Å². The van der Waals surface area contributed by atoms with Gasteiger partial charge >= 0.3 is 5.97 Å². The van der Waals surface area contributed by atoms with E-state index in [1.807, 2.05) is 0 Å². The average molecular weight is 1130 g/mol. The van der Waals surface area contributed by atoms with Crippen LogP contribution in [0.15, 0.2) is 24.3 Å². The molecule has 3 N–H and O–H groups in total. The normalized spacial score (nSPS) is 12.6. The summed E-state index contributed by atoms with van der Waals surface area (Å²) in [6.07, 6.45) is 88.1. The van der Waals surface area contributed by atoms with Crippen molar-refractivity contribution in [3.63, 3.8) is 0 Å². The largest absolute Gasteiger partial charge is 0.466 e. The third-order valence-corrected chi connectivity index (χ3v) is 17.2. The van der Waals surface area contributed by atoms with Crippen molar-refractivity contribution in [1.29, 1.82) is 0 Å². The van der Waals surface area contributed by atoms with Crippen LogP contribution in [0.2, 0.25) is 0 Å². The van der Waals surface area contributed by atoms with Crippen LogP contribution in [0.5, 0.6) is 0 Å². The zero-order valence-corrected chi connectivity index (χ0v) is 54.3. The number of esters is 1. The maximum Gasteiger partial charge on any atom is 0.305 e. The molecule has 0 aromatic heterocycles. The number of nitrogens with one attached hydrogen (secondary N) is 1. The van der Waals surface area contributed by atoms with Gasteiger partial charge in [0, 0.05) is 12.8 Å². The summed E-state index contributed by atoms with van der Waals surface area (Å²) < 4.78 is 5.49. The first-order valence-electron chi connectivity index (χ1n) is 36.6. The summed E-state index contributed by atoms with van der Waals surface area (Å²) in [5.41, 5.74) is 0. The van der Waals surface area contributed by atoms with Crippen molar-refractivity contribution in [3.05, 3.63) is 24.3 Å². The molecule has 2 atom stereocenters. The highest BCUT2D eigenvalue weighted by molar-refractivity contribution is 5.76. The molecule has 0 heterocycles. The lowest BCUT2D eigenvalue weighted by atomic mass is 10.0. The summed E-state index contributed by atoms with van der Waals surface area (Å²) in [4.78, 5) is 24.6. The molecule has 1 amide bonds. The Labute approximate surface area is 501 Å². The average Bonchev–Trinajstić information content (AvgIpc) is 3.46. The van der Waals surface area contributed by atoms with Gasteiger partial charge < -0.3 is 20.3 Å². The van der Waals surface area contributed by atoms with Gasteiger partial charge in [-0.2, -0.15) is 0 Å². The van der Waals surface area contributed by atoms with Gasteiger partial charge in [0.25, 0.3) is 0 Å². The summed E-state index contributed by atoms with van der Waals surface area (Å²) in [5.74, 6) is -0.0222. The predicted molar refractivity (Wildman–Crippen MR) is 352 cm³/mol. The number of ether oxygens (including phenoxy) is 1. The third kappa shape index (κ3) is 65.5. The Hall–Kier alpha value is -1.66. The second-order valence-electron chi connectivity index (χ2n) is 25.3. The van der Waals surface area contributed by atoms with Crippen LogP contribution in [0.4, 0.5) is 0 Å². The molecule has 80 heavy (non-hydrogen) atoms. The number of aliphatic hydroxyl groups is 2. The molecule has 0 spiro atoms. The minimum atomic E-state index is -0.665. The smallest absolute Gasteiger partial charge is 0.305 e. The van der Waals surface area contributed by atoms with Gasteiger partial charge in [0.15, 0.2) is 0 Å². The Morgan fingerprint density at radius 1 is 0.338 bits per heavy atom. The van der Waals surface area contributed by atoms with Crippen LogP contribution in [0.25, 0.3) is 0 Å². The summed E-state index contributed by atoms with van der Waals surface area (Å²) in [6, 6.07) is -0.542. The molecule has 0 aromatic carbocycles. The number of hydrogen-bond acceptors (Lipinski definition) is 5. The second-order valence-corrected chi connectivity index (χ2v) is 25.3. The number of amides is 1. The zero-order valence-electron chi connectivity index (χ0n) is 54.3. The molecule has 0 saturated heterocycles. The monoisotopic (exact) mass is 1130 g/mol. The Morgan fingerprint density at radius 3 is 0.887 bits per heavy atom. The van der Waals surface area contributed by atoms with Crippen LogP contribution in [0, 0.1) is 0 Å². The first kappa shape index (κ1) is 78.3. The molecule has 0 bridgehead atoms. The van der Waals surface area contributed by atoms with Crippen LogP contribution in [0.1, 0.15) is 412 Å². The fourth-order valence-electron chi connectivity index (χ4n) is 11.6. The van der Waals surface area contributed by atoms with Gasteiger partial charge in [-0.1, -0.05) is 346 Å². The molecule has 0 aromatic rings. The van der Waals surface area contributed by atoms with E-state index < -0.39 is 12.1 Å². The maximum atomic E-state index is 12.6. The number of carbonyl (C=O) groups excluding carboxylic acids is 2. The lowest BCUT2D eigenvalue weighted by molar-refractivity contribution is -0.143. The van der Waals surface area contributed by atoms with Crippen molar-refractivity contribution in [2.75, 3.05) is 13.2 Å². The molecular formula is C74H143NO5. The summed E-state index contributed by atoms with van der Waals surface area (Å²) >= 11 is 0. The minimum absolute atomic E-state index is 0.00810. The van der Waals surface area contributed by atoms with Gasteiger partial charge in [0.2, 0.25) is 5.91 Å². The summed E-state index contributed by atoms with van der Waals surface area (Å²) in [6.45, 7) is 4.98. The molecule has 0 rings (SSSR count). The number of allylic oxidation sites excluding steroid dienone is 4. The predicted octanol–water partition coefficient (Wildman–Crippen LogP) is 23.7. The molecular weight excluding hydrogens is 983 g/mol. The molecule has 6 heteroatoms. The van der Waals surface area contributed by atoms with E-state index in [-0.39, 0.29) is 18.5 Å². The molecule has 0 aliphatic heterocycles. The van der Waals surface area contributed by atoms with Crippen molar-refractivity contribution >= 4 is 11.9 Å². The van der Waals surface area contributed by atoms with E-state index in [1.54, 1.807) is 0 Å². The van der Waals surface area contributed by atoms with E-state index in [9.17, 15) is 19.8 Å². The molecule has 474 valence electrons. The number of aliphatic hydroxyl groups excluding tert-OH is 2. The molecule has 0 aliphatic carbocycles. The van der Waals surface area contributed by atoms with Gasteiger partial charge in [0.05, 0.1) is 25.4 Å². The van der Waals surface area contributed by atoms with E-state index in [0.717, 1.165) is 44.9 Å². The van der Waals surface area contributed by atoms with Crippen LogP contribution in [-0.4, -0.2) is 47.4 Å². The van der Waals surface area contributed by atoms with Gasteiger partial charge in [-0.15, -0.1) is 0 Å². The Balaban J connectivity index is 3.38. The van der Waals surface area contributed by atoms with Gasteiger partial charge in [-0.05, 0) is 77.0 Å². The van der Waals surface area contributed by atoms with Crippen molar-refractivity contribution < 1.29 is 24.5 Å². The van der Waals surface area contributed by atoms with Crippen LogP contribution >= 0.6 is 0 Å². The van der Waals surface area contributed by atoms with Crippen LogP contribution < -0.4 is 5.32 Å². The molecule has 6 nitrogen and oxygen atoms in total. The Morgan fingerprint density at radius 2 is 0.588 bits per heavy atom. The number of hydrogen-bond donors (Lipinski definition) is 3. The quantitative estimate of drug-likeness (QED) is 0.0320. The van der Waals surface area contributed by atoms with E-state index in [0.29, 0.717) is 25.9 Å². The summed E-state index contributed by atoms with van der Waals surface area (Å²) in [5, 5.41) is 23.4. The Kier molecular flexibility index (Phi) is 68.4. The van der Waals surface area contributed by atoms with Crippen LogP contribution in [0.3, 0.4) is 0 Å². The number of rotatable bonds is 69. The number of unbranched alkanes of at least 4 members (excludes halogenated alkanes) is 54. The van der Waals surface area contributed by atoms with Gasteiger partial charge in [-0.3, -0.25) is 9.59 Å². The third-order valence-electron chi connectivity index (χ3n) is 17.2. The van der Waals surface area contributed by atoms with E-state index in [2.05, 4.69) is 43.5 Å². The second kappa shape index (κ2) is 69.8. The van der Waals surface area contributed by atoms with Gasteiger partial charge in [-0.25, -0.2) is 0 Å². The van der Waals surface area contributed by atoms with E-state index in [1.165, 1.54) is 334 Å². The van der Waals surface area contributed by atoms with Crippen molar-refractivity contribution in [2.45, 2.75) is 424 Å². The Bertz CT molecular complexity index is 1250. The van der Waals surface area contributed by atoms with Crippen LogP contribution in [-0.2, 0) is 14.3 Å². The highest BCUT2D eigenvalue weighted by atomic mass is 16.5.